The van der Waals surface area contributed by atoms with Crippen LogP contribution in [0.4, 0.5) is 0 Å². The largest absolute Gasteiger partial charge is 0.493 e. The number of hydrogen-bond donors (Lipinski definition) is 0. The van der Waals surface area contributed by atoms with Gasteiger partial charge in [-0.2, -0.15) is 0 Å². The van der Waals surface area contributed by atoms with Gasteiger partial charge in [0.15, 0.2) is 17.3 Å². The van der Waals surface area contributed by atoms with E-state index in [-0.39, 0.29) is 22.5 Å². The third-order valence-corrected chi connectivity index (χ3v) is 4.95. The third kappa shape index (κ3) is 1.92. The smallest absolute Gasteiger partial charge is 0.167 e. The van der Waals surface area contributed by atoms with E-state index >= 15 is 0 Å². The van der Waals surface area contributed by atoms with Crippen LogP contribution in [0.2, 0.25) is 0 Å². The molecule has 19 heavy (non-hydrogen) atoms. The molecule has 0 bridgehead atoms. The number of ether oxygens (including phenoxy) is 2. The normalized spacial score (nSPS) is 19.9. The van der Waals surface area contributed by atoms with Crippen LogP contribution in [-0.4, -0.2) is 20.0 Å². The molecule has 0 unspecified atom stereocenters. The molecule has 0 atom stereocenters. The van der Waals surface area contributed by atoms with Crippen molar-refractivity contribution in [1.82, 2.24) is 0 Å². The average molecular weight is 262 g/mol. The molecule has 0 amide bonds. The molecule has 104 valence electrons. The predicted octanol–water partition coefficient (Wildman–Crippen LogP) is 3.57. The molecule has 0 radical (unpaired) electrons. The van der Waals surface area contributed by atoms with E-state index in [2.05, 4.69) is 27.7 Å². The number of hydrogen-bond acceptors (Lipinski definition) is 3. The van der Waals surface area contributed by atoms with Crippen molar-refractivity contribution in [3.05, 3.63) is 23.8 Å². The lowest BCUT2D eigenvalue weighted by molar-refractivity contribution is 0.0944. The maximum Gasteiger partial charge on any atom is 0.167 e. The highest BCUT2D eigenvalue weighted by Crippen LogP contribution is 2.69. The van der Waals surface area contributed by atoms with Gasteiger partial charge in [0, 0.05) is 11.5 Å². The summed E-state index contributed by atoms with van der Waals surface area (Å²) in [5.74, 6) is 1.51. The van der Waals surface area contributed by atoms with Gasteiger partial charge in [0.1, 0.15) is 0 Å². The van der Waals surface area contributed by atoms with Crippen molar-refractivity contribution in [2.24, 2.45) is 16.7 Å². The summed E-state index contributed by atoms with van der Waals surface area (Å²) in [7, 11) is 3.17. The van der Waals surface area contributed by atoms with Crippen LogP contribution in [0.15, 0.2) is 18.2 Å². The quantitative estimate of drug-likeness (QED) is 0.778. The minimum atomic E-state index is 0.0528. The average Bonchev–Trinajstić information content (AvgIpc) is 2.78. The summed E-state index contributed by atoms with van der Waals surface area (Å²) in [5, 5.41) is 0. The first-order valence-electron chi connectivity index (χ1n) is 6.53. The molecule has 2 rings (SSSR count). The fourth-order valence-corrected chi connectivity index (χ4v) is 3.01. The van der Waals surface area contributed by atoms with Gasteiger partial charge in [-0.1, -0.05) is 27.7 Å². The van der Waals surface area contributed by atoms with Gasteiger partial charge in [0.05, 0.1) is 14.2 Å². The zero-order chi connectivity index (χ0) is 14.4. The van der Waals surface area contributed by atoms with E-state index in [9.17, 15) is 4.79 Å². The van der Waals surface area contributed by atoms with Crippen molar-refractivity contribution in [1.29, 1.82) is 0 Å². The van der Waals surface area contributed by atoms with Crippen molar-refractivity contribution in [3.8, 4) is 11.5 Å². The SMILES string of the molecule is COc1ccc(C(=O)C2C(C)(C)C2(C)C)cc1OC. The van der Waals surface area contributed by atoms with Crippen LogP contribution in [0.1, 0.15) is 38.1 Å². The minimum absolute atomic E-state index is 0.0528. The first kappa shape index (κ1) is 13.9. The first-order chi connectivity index (χ1) is 8.77. The summed E-state index contributed by atoms with van der Waals surface area (Å²) in [4.78, 5) is 12.6. The molecule has 1 fully saturated rings. The number of carbonyl (C=O) groups excluding carboxylic acids is 1. The van der Waals surface area contributed by atoms with E-state index in [1.54, 1.807) is 26.4 Å². The molecule has 3 nitrogen and oxygen atoms in total. The monoisotopic (exact) mass is 262 g/mol. The molecule has 0 heterocycles. The summed E-state index contributed by atoms with van der Waals surface area (Å²) >= 11 is 0. The molecule has 0 N–H and O–H groups in total. The van der Waals surface area contributed by atoms with Crippen molar-refractivity contribution < 1.29 is 14.3 Å². The molecule has 0 aromatic heterocycles. The fourth-order valence-electron chi connectivity index (χ4n) is 3.01. The van der Waals surface area contributed by atoms with E-state index < -0.39 is 0 Å². The Kier molecular flexibility index (Phi) is 3.12. The predicted molar refractivity (Wildman–Crippen MR) is 74.9 cm³/mol. The second-order valence-corrected chi connectivity index (χ2v) is 6.31. The Balaban J connectivity index is 2.32. The molecular weight excluding hydrogens is 240 g/mol. The summed E-state index contributed by atoms with van der Waals surface area (Å²) in [6.07, 6.45) is 0. The molecule has 0 saturated heterocycles. The summed E-state index contributed by atoms with van der Waals surface area (Å²) in [6, 6.07) is 5.37. The Morgan fingerprint density at radius 1 is 1.00 bits per heavy atom. The highest BCUT2D eigenvalue weighted by Gasteiger charge is 2.67. The Morgan fingerprint density at radius 3 is 1.95 bits per heavy atom. The molecule has 0 spiro atoms. The van der Waals surface area contributed by atoms with Gasteiger partial charge in [-0.05, 0) is 29.0 Å². The highest BCUT2D eigenvalue weighted by molar-refractivity contribution is 6.01. The molecule has 1 aromatic carbocycles. The van der Waals surface area contributed by atoms with Gasteiger partial charge < -0.3 is 9.47 Å². The molecular formula is C16H22O3. The lowest BCUT2D eigenvalue weighted by Gasteiger charge is -2.09. The van der Waals surface area contributed by atoms with Crippen LogP contribution in [0.5, 0.6) is 11.5 Å². The van der Waals surface area contributed by atoms with Gasteiger partial charge >= 0.3 is 0 Å². The van der Waals surface area contributed by atoms with Crippen LogP contribution in [-0.2, 0) is 0 Å². The van der Waals surface area contributed by atoms with E-state index in [0.717, 1.165) is 0 Å². The van der Waals surface area contributed by atoms with Gasteiger partial charge in [-0.25, -0.2) is 0 Å². The first-order valence-corrected chi connectivity index (χ1v) is 6.53. The second-order valence-electron chi connectivity index (χ2n) is 6.31. The highest BCUT2D eigenvalue weighted by atomic mass is 16.5. The lowest BCUT2D eigenvalue weighted by atomic mass is 10.0. The molecule has 1 aromatic rings. The van der Waals surface area contributed by atoms with Crippen molar-refractivity contribution in [2.75, 3.05) is 14.2 Å². The fraction of sp³-hybridized carbons (Fsp3) is 0.562. The van der Waals surface area contributed by atoms with Crippen LogP contribution >= 0.6 is 0 Å². The Morgan fingerprint density at radius 2 is 1.53 bits per heavy atom. The van der Waals surface area contributed by atoms with Crippen LogP contribution in [0.3, 0.4) is 0 Å². The van der Waals surface area contributed by atoms with Gasteiger partial charge in [0.25, 0.3) is 0 Å². The zero-order valence-electron chi connectivity index (χ0n) is 12.5. The summed E-state index contributed by atoms with van der Waals surface area (Å²) in [5.41, 5.74) is 0.801. The van der Waals surface area contributed by atoms with Crippen LogP contribution in [0, 0.1) is 16.7 Å². The van der Waals surface area contributed by atoms with Crippen molar-refractivity contribution in [2.45, 2.75) is 27.7 Å². The van der Waals surface area contributed by atoms with Gasteiger partial charge in [-0.15, -0.1) is 0 Å². The zero-order valence-corrected chi connectivity index (χ0v) is 12.5. The number of carbonyl (C=O) groups is 1. The standard InChI is InChI=1S/C16H22O3/c1-15(2)14(16(15,3)4)13(17)10-7-8-11(18-5)12(9-10)19-6/h7-9,14H,1-6H3. The maximum atomic E-state index is 12.6. The van der Waals surface area contributed by atoms with E-state index in [4.69, 9.17) is 9.47 Å². The number of benzene rings is 1. The molecule has 1 saturated carbocycles. The number of ketones is 1. The van der Waals surface area contributed by atoms with Crippen molar-refractivity contribution in [3.63, 3.8) is 0 Å². The molecule has 0 aliphatic heterocycles. The Hall–Kier alpha value is -1.51. The topological polar surface area (TPSA) is 35.5 Å². The summed E-state index contributed by atoms with van der Waals surface area (Å²) in [6.45, 7) is 8.60. The minimum Gasteiger partial charge on any atom is -0.493 e. The second kappa shape index (κ2) is 4.26. The third-order valence-electron chi connectivity index (χ3n) is 4.95. The Bertz CT molecular complexity index is 501. The van der Waals surface area contributed by atoms with E-state index in [1.165, 1.54) is 0 Å². The number of Topliss-reactive ketones (excluding diaryl/α,β-unsaturated/α-hetero) is 1. The number of methoxy groups -OCH3 is 2. The molecule has 3 heteroatoms. The van der Waals surface area contributed by atoms with E-state index in [1.807, 2.05) is 6.07 Å². The lowest BCUT2D eigenvalue weighted by Crippen LogP contribution is -2.08. The van der Waals surface area contributed by atoms with Crippen LogP contribution in [0.25, 0.3) is 0 Å². The summed E-state index contributed by atoms with van der Waals surface area (Å²) < 4.78 is 10.4. The van der Waals surface area contributed by atoms with Crippen LogP contribution < -0.4 is 9.47 Å². The maximum absolute atomic E-state index is 12.6. The molecule has 1 aliphatic carbocycles. The Labute approximate surface area is 114 Å². The van der Waals surface area contributed by atoms with E-state index in [0.29, 0.717) is 17.1 Å². The van der Waals surface area contributed by atoms with Gasteiger partial charge in [0.2, 0.25) is 0 Å². The van der Waals surface area contributed by atoms with Crippen molar-refractivity contribution >= 4 is 5.78 Å². The number of rotatable bonds is 4. The molecule has 1 aliphatic rings. The van der Waals surface area contributed by atoms with Gasteiger partial charge in [-0.3, -0.25) is 4.79 Å².